The first-order valence-corrected chi connectivity index (χ1v) is 9.25. The fraction of sp³-hybridized carbons (Fsp3) is 0.294. The average Bonchev–Trinajstić information content (AvgIpc) is 3.08. The van der Waals surface area contributed by atoms with E-state index in [0.29, 0.717) is 5.00 Å². The Labute approximate surface area is 142 Å². The van der Waals surface area contributed by atoms with Gasteiger partial charge in [-0.15, -0.1) is 22.7 Å². The van der Waals surface area contributed by atoms with Gasteiger partial charge in [0.25, 0.3) is 0 Å². The SMILES string of the molecule is O=C(/C=C/c1cccs1)Nc1sc2c(c1C(=O)O)CCCCC2. The lowest BCUT2D eigenvalue weighted by Gasteiger charge is -2.03. The summed E-state index contributed by atoms with van der Waals surface area (Å²) in [7, 11) is 0. The summed E-state index contributed by atoms with van der Waals surface area (Å²) < 4.78 is 0. The number of nitrogens with one attached hydrogen (secondary N) is 1. The summed E-state index contributed by atoms with van der Waals surface area (Å²) in [5, 5.41) is 14.7. The number of aromatic carboxylic acids is 1. The molecule has 23 heavy (non-hydrogen) atoms. The van der Waals surface area contributed by atoms with Crippen LogP contribution in [0, 0.1) is 0 Å². The second-order valence-corrected chi connectivity index (χ2v) is 7.50. The van der Waals surface area contributed by atoms with Crippen LogP contribution in [0.4, 0.5) is 5.00 Å². The fourth-order valence-corrected chi connectivity index (χ4v) is 4.66. The van der Waals surface area contributed by atoms with E-state index in [4.69, 9.17) is 0 Å². The molecule has 1 amide bonds. The third kappa shape index (κ3) is 3.71. The molecule has 0 bridgehead atoms. The number of hydrogen-bond acceptors (Lipinski definition) is 4. The summed E-state index contributed by atoms with van der Waals surface area (Å²) in [6.45, 7) is 0. The Morgan fingerprint density at radius 1 is 1.22 bits per heavy atom. The van der Waals surface area contributed by atoms with Crippen LogP contribution < -0.4 is 5.32 Å². The second kappa shape index (κ2) is 7.10. The maximum Gasteiger partial charge on any atom is 0.339 e. The molecule has 2 N–H and O–H groups in total. The molecule has 2 aromatic heterocycles. The number of carboxylic acids is 1. The third-order valence-corrected chi connectivity index (χ3v) is 5.86. The lowest BCUT2D eigenvalue weighted by molar-refractivity contribution is -0.111. The van der Waals surface area contributed by atoms with Gasteiger partial charge in [-0.05, 0) is 48.8 Å². The first-order chi connectivity index (χ1) is 11.1. The van der Waals surface area contributed by atoms with Crippen LogP contribution in [-0.2, 0) is 17.6 Å². The number of anilines is 1. The van der Waals surface area contributed by atoms with Gasteiger partial charge in [-0.1, -0.05) is 12.5 Å². The number of thiophene rings is 2. The van der Waals surface area contributed by atoms with E-state index < -0.39 is 5.97 Å². The number of fused-ring (bicyclic) bond motifs is 1. The highest BCUT2D eigenvalue weighted by Gasteiger charge is 2.24. The summed E-state index contributed by atoms with van der Waals surface area (Å²) in [6.07, 6.45) is 8.09. The van der Waals surface area contributed by atoms with Gasteiger partial charge in [0.1, 0.15) is 5.00 Å². The molecule has 1 aliphatic rings. The quantitative estimate of drug-likeness (QED) is 0.635. The highest BCUT2D eigenvalue weighted by molar-refractivity contribution is 7.17. The predicted molar refractivity (Wildman–Crippen MR) is 94.5 cm³/mol. The van der Waals surface area contributed by atoms with Crippen LogP contribution in [0.25, 0.3) is 6.08 Å². The van der Waals surface area contributed by atoms with E-state index in [1.165, 1.54) is 17.4 Å². The summed E-state index contributed by atoms with van der Waals surface area (Å²) in [6, 6.07) is 3.84. The zero-order valence-electron chi connectivity index (χ0n) is 12.5. The van der Waals surface area contributed by atoms with Crippen molar-refractivity contribution in [3.05, 3.63) is 44.5 Å². The van der Waals surface area contributed by atoms with Crippen molar-refractivity contribution >= 4 is 45.6 Å². The van der Waals surface area contributed by atoms with Gasteiger partial charge in [-0.3, -0.25) is 4.79 Å². The lowest BCUT2D eigenvalue weighted by atomic mass is 10.1. The molecule has 1 aliphatic carbocycles. The minimum Gasteiger partial charge on any atom is -0.478 e. The van der Waals surface area contributed by atoms with Gasteiger partial charge in [0, 0.05) is 15.8 Å². The minimum atomic E-state index is -0.957. The lowest BCUT2D eigenvalue weighted by Crippen LogP contribution is -2.11. The Morgan fingerprint density at radius 2 is 2.04 bits per heavy atom. The number of amides is 1. The normalized spacial score (nSPS) is 14.4. The molecule has 2 heterocycles. The minimum absolute atomic E-state index is 0.282. The van der Waals surface area contributed by atoms with Crippen molar-refractivity contribution in [3.8, 4) is 0 Å². The molecule has 0 unspecified atom stereocenters. The van der Waals surface area contributed by atoms with Gasteiger partial charge in [0.05, 0.1) is 5.56 Å². The number of carbonyl (C=O) groups excluding carboxylic acids is 1. The molecule has 0 radical (unpaired) electrons. The molecule has 4 nitrogen and oxygen atoms in total. The first kappa shape index (κ1) is 16.0. The Balaban J connectivity index is 1.82. The smallest absolute Gasteiger partial charge is 0.339 e. The van der Waals surface area contributed by atoms with E-state index in [1.807, 2.05) is 17.5 Å². The second-order valence-electron chi connectivity index (χ2n) is 5.41. The molecule has 0 fully saturated rings. The van der Waals surface area contributed by atoms with Gasteiger partial charge in [-0.2, -0.15) is 0 Å². The molecule has 2 aromatic rings. The molecule has 0 atom stereocenters. The largest absolute Gasteiger partial charge is 0.478 e. The van der Waals surface area contributed by atoms with Crippen molar-refractivity contribution < 1.29 is 14.7 Å². The van der Waals surface area contributed by atoms with E-state index in [9.17, 15) is 14.7 Å². The number of hydrogen-bond donors (Lipinski definition) is 2. The third-order valence-electron chi connectivity index (χ3n) is 3.81. The Morgan fingerprint density at radius 3 is 2.78 bits per heavy atom. The van der Waals surface area contributed by atoms with Crippen LogP contribution in [0.15, 0.2) is 23.6 Å². The van der Waals surface area contributed by atoms with E-state index in [2.05, 4.69) is 5.32 Å². The maximum absolute atomic E-state index is 12.1. The highest BCUT2D eigenvalue weighted by atomic mass is 32.1. The van der Waals surface area contributed by atoms with Gasteiger partial charge >= 0.3 is 5.97 Å². The van der Waals surface area contributed by atoms with E-state index >= 15 is 0 Å². The van der Waals surface area contributed by atoms with Gasteiger partial charge in [-0.25, -0.2) is 4.79 Å². The topological polar surface area (TPSA) is 66.4 Å². The first-order valence-electron chi connectivity index (χ1n) is 7.55. The Bertz CT molecular complexity index is 744. The number of aryl methyl sites for hydroxylation is 1. The van der Waals surface area contributed by atoms with Crippen molar-refractivity contribution in [1.82, 2.24) is 0 Å². The average molecular weight is 347 g/mol. The number of carbonyl (C=O) groups is 2. The zero-order chi connectivity index (χ0) is 16.2. The van der Waals surface area contributed by atoms with E-state index in [0.717, 1.165) is 47.4 Å². The molecular weight excluding hydrogens is 330 g/mol. The monoisotopic (exact) mass is 347 g/mol. The van der Waals surface area contributed by atoms with Crippen molar-refractivity contribution in [3.63, 3.8) is 0 Å². The van der Waals surface area contributed by atoms with E-state index in [1.54, 1.807) is 17.4 Å². The standard InChI is InChI=1S/C17H17NO3S2/c19-14(9-8-11-5-4-10-22-11)18-16-15(17(20)21)12-6-2-1-3-7-13(12)23-16/h4-5,8-10H,1-3,6-7H2,(H,18,19)(H,20,21)/b9-8+. The Hall–Kier alpha value is -1.92. The van der Waals surface area contributed by atoms with Gasteiger partial charge in [0.2, 0.25) is 5.91 Å². The van der Waals surface area contributed by atoms with Crippen LogP contribution in [0.2, 0.25) is 0 Å². The van der Waals surface area contributed by atoms with Crippen LogP contribution in [0.3, 0.4) is 0 Å². The molecule has 0 saturated carbocycles. The summed E-state index contributed by atoms with van der Waals surface area (Å²) in [5.74, 6) is -1.25. The van der Waals surface area contributed by atoms with Crippen molar-refractivity contribution in [2.24, 2.45) is 0 Å². The van der Waals surface area contributed by atoms with Crippen molar-refractivity contribution in [1.29, 1.82) is 0 Å². The van der Waals surface area contributed by atoms with E-state index in [-0.39, 0.29) is 11.5 Å². The van der Waals surface area contributed by atoms with Crippen LogP contribution in [0.5, 0.6) is 0 Å². The fourth-order valence-electron chi connectivity index (χ4n) is 2.75. The molecule has 0 aromatic carbocycles. The maximum atomic E-state index is 12.1. The summed E-state index contributed by atoms with van der Waals surface area (Å²) >= 11 is 2.96. The molecule has 6 heteroatoms. The molecule has 120 valence electrons. The summed E-state index contributed by atoms with van der Waals surface area (Å²) in [5.41, 5.74) is 1.20. The van der Waals surface area contributed by atoms with Crippen LogP contribution in [-0.4, -0.2) is 17.0 Å². The predicted octanol–water partition coefficient (Wildman–Crippen LogP) is 4.43. The van der Waals surface area contributed by atoms with Crippen molar-refractivity contribution in [2.45, 2.75) is 32.1 Å². The molecular formula is C17H17NO3S2. The Kier molecular flexibility index (Phi) is 4.93. The highest BCUT2D eigenvalue weighted by Crippen LogP contribution is 2.37. The number of rotatable bonds is 4. The zero-order valence-corrected chi connectivity index (χ0v) is 14.1. The molecule has 0 aliphatic heterocycles. The van der Waals surface area contributed by atoms with Crippen molar-refractivity contribution in [2.75, 3.05) is 5.32 Å². The van der Waals surface area contributed by atoms with Crippen LogP contribution >= 0.6 is 22.7 Å². The van der Waals surface area contributed by atoms with Gasteiger partial charge < -0.3 is 10.4 Å². The molecule has 0 spiro atoms. The summed E-state index contributed by atoms with van der Waals surface area (Å²) in [4.78, 5) is 25.8. The molecule has 3 rings (SSSR count). The molecule has 0 saturated heterocycles. The number of carboxylic acid groups (broad SMARTS) is 1. The van der Waals surface area contributed by atoms with Crippen LogP contribution in [0.1, 0.15) is 44.9 Å². The van der Waals surface area contributed by atoms with Gasteiger partial charge in [0.15, 0.2) is 0 Å².